The minimum absolute atomic E-state index is 0.0990. The normalized spacial score (nSPS) is 16.3. The SMILES string of the molecule is CCN(C(=O)C(C)(C)C)c1ncc(C2(S(=O)(=O)c3ccc(Cl)cc3)CCOCC2)cc1OC. The van der Waals surface area contributed by atoms with Gasteiger partial charge in [0.15, 0.2) is 21.4 Å². The zero-order valence-corrected chi connectivity index (χ0v) is 21.3. The molecule has 0 unspecified atom stereocenters. The van der Waals surface area contributed by atoms with Gasteiger partial charge in [0.1, 0.15) is 4.75 Å². The van der Waals surface area contributed by atoms with E-state index in [9.17, 15) is 13.2 Å². The van der Waals surface area contributed by atoms with E-state index in [0.717, 1.165) is 0 Å². The summed E-state index contributed by atoms with van der Waals surface area (Å²) in [5, 5.41) is 0.464. The van der Waals surface area contributed by atoms with Crippen molar-refractivity contribution in [2.24, 2.45) is 5.41 Å². The van der Waals surface area contributed by atoms with Gasteiger partial charge in [-0.25, -0.2) is 13.4 Å². The third kappa shape index (κ3) is 4.74. The molecule has 0 aliphatic carbocycles. The van der Waals surface area contributed by atoms with Crippen molar-refractivity contribution in [2.75, 3.05) is 31.8 Å². The van der Waals surface area contributed by atoms with E-state index in [1.54, 1.807) is 29.3 Å². The Morgan fingerprint density at radius 3 is 2.33 bits per heavy atom. The quantitative estimate of drug-likeness (QED) is 0.582. The number of pyridine rings is 1. The van der Waals surface area contributed by atoms with Gasteiger partial charge in [0.25, 0.3) is 0 Å². The summed E-state index contributed by atoms with van der Waals surface area (Å²) in [5.41, 5.74) is -0.0954. The van der Waals surface area contributed by atoms with Gasteiger partial charge in [-0.1, -0.05) is 32.4 Å². The molecule has 1 aliphatic heterocycles. The molecule has 0 bridgehead atoms. The number of carbonyl (C=O) groups is 1. The van der Waals surface area contributed by atoms with Crippen molar-refractivity contribution >= 4 is 33.2 Å². The molecule has 1 aromatic heterocycles. The molecular weight excluding hydrogens is 464 g/mol. The fraction of sp³-hybridized carbons (Fsp3) is 0.500. The number of rotatable bonds is 6. The second-order valence-electron chi connectivity index (χ2n) is 9.11. The zero-order valence-electron chi connectivity index (χ0n) is 19.7. The van der Waals surface area contributed by atoms with Crippen LogP contribution < -0.4 is 9.64 Å². The summed E-state index contributed by atoms with van der Waals surface area (Å²) in [6.07, 6.45) is 2.11. The minimum Gasteiger partial charge on any atom is -0.493 e. The van der Waals surface area contributed by atoms with Crippen LogP contribution in [0.3, 0.4) is 0 Å². The van der Waals surface area contributed by atoms with Crippen molar-refractivity contribution in [3.05, 3.63) is 47.1 Å². The van der Waals surface area contributed by atoms with Crippen LogP contribution in [0.25, 0.3) is 0 Å². The molecule has 0 atom stereocenters. The number of halogens is 1. The summed E-state index contributed by atoms with van der Waals surface area (Å²) < 4.78 is 37.7. The Morgan fingerprint density at radius 2 is 1.82 bits per heavy atom. The van der Waals surface area contributed by atoms with E-state index < -0.39 is 20.0 Å². The lowest BCUT2D eigenvalue weighted by Crippen LogP contribution is -2.42. The monoisotopic (exact) mass is 494 g/mol. The first-order valence-corrected chi connectivity index (χ1v) is 12.8. The van der Waals surface area contributed by atoms with E-state index in [0.29, 0.717) is 41.9 Å². The number of benzene rings is 1. The van der Waals surface area contributed by atoms with Crippen LogP contribution >= 0.6 is 11.6 Å². The number of sulfone groups is 1. The average molecular weight is 495 g/mol. The number of aromatic nitrogens is 1. The molecule has 2 aromatic rings. The molecule has 1 amide bonds. The summed E-state index contributed by atoms with van der Waals surface area (Å²) in [4.78, 5) is 19.3. The highest BCUT2D eigenvalue weighted by molar-refractivity contribution is 7.92. The molecule has 0 spiro atoms. The summed E-state index contributed by atoms with van der Waals surface area (Å²) in [7, 11) is -2.32. The number of nitrogens with zero attached hydrogens (tertiary/aromatic N) is 2. The fourth-order valence-corrected chi connectivity index (χ4v) is 6.28. The van der Waals surface area contributed by atoms with Gasteiger partial charge < -0.3 is 9.47 Å². The maximum atomic E-state index is 13.9. The molecule has 1 aromatic carbocycles. The largest absolute Gasteiger partial charge is 0.493 e. The molecule has 7 nitrogen and oxygen atoms in total. The summed E-state index contributed by atoms with van der Waals surface area (Å²) in [6, 6.07) is 7.88. The predicted molar refractivity (Wildman–Crippen MR) is 129 cm³/mol. The van der Waals surface area contributed by atoms with Crippen molar-refractivity contribution in [1.29, 1.82) is 0 Å². The van der Waals surface area contributed by atoms with Gasteiger partial charge in [-0.15, -0.1) is 0 Å². The van der Waals surface area contributed by atoms with Crippen LogP contribution in [0.2, 0.25) is 5.02 Å². The van der Waals surface area contributed by atoms with Gasteiger partial charge in [0.2, 0.25) is 5.91 Å². The van der Waals surface area contributed by atoms with Crippen LogP contribution in [0.4, 0.5) is 5.82 Å². The van der Waals surface area contributed by atoms with Crippen molar-refractivity contribution in [3.8, 4) is 5.75 Å². The number of amides is 1. The first kappa shape index (κ1) is 25.5. The Kier molecular flexibility index (Phi) is 7.41. The summed E-state index contributed by atoms with van der Waals surface area (Å²) in [5.74, 6) is 0.622. The molecular formula is C24H31ClN2O5S. The van der Waals surface area contributed by atoms with E-state index in [4.69, 9.17) is 21.1 Å². The summed E-state index contributed by atoms with van der Waals surface area (Å²) in [6.45, 7) is 8.41. The molecule has 1 aliphatic rings. The van der Waals surface area contributed by atoms with Crippen LogP contribution in [0, 0.1) is 5.41 Å². The van der Waals surface area contributed by atoms with Crippen molar-refractivity contribution in [2.45, 2.75) is 50.2 Å². The fourth-order valence-electron chi connectivity index (χ4n) is 4.09. The van der Waals surface area contributed by atoms with Gasteiger partial charge in [-0.2, -0.15) is 0 Å². The highest BCUT2D eigenvalue weighted by Crippen LogP contribution is 2.45. The molecule has 9 heteroatoms. The molecule has 1 fully saturated rings. The van der Waals surface area contributed by atoms with E-state index in [1.165, 1.54) is 19.2 Å². The lowest BCUT2D eigenvalue weighted by Gasteiger charge is -2.37. The van der Waals surface area contributed by atoms with Gasteiger partial charge in [-0.05, 0) is 55.7 Å². The Labute approximate surface area is 201 Å². The number of methoxy groups -OCH3 is 1. The second kappa shape index (κ2) is 9.60. The number of anilines is 1. The maximum absolute atomic E-state index is 13.9. The third-order valence-corrected chi connectivity index (χ3v) is 8.79. The molecule has 2 heterocycles. The summed E-state index contributed by atoms with van der Waals surface area (Å²) >= 11 is 5.98. The highest BCUT2D eigenvalue weighted by Gasteiger charge is 2.48. The first-order chi connectivity index (χ1) is 15.5. The van der Waals surface area contributed by atoms with Gasteiger partial charge >= 0.3 is 0 Å². The van der Waals surface area contributed by atoms with Crippen LogP contribution in [0.5, 0.6) is 5.75 Å². The Balaban J connectivity index is 2.15. The minimum atomic E-state index is -3.81. The standard InChI is InChI=1S/C24H31ClN2O5S/c1-6-27(22(28)23(2,3)4)21-20(31-5)15-17(16-26-21)24(11-13-32-14-12-24)33(29,30)19-9-7-18(25)8-10-19/h7-10,15-16H,6,11-14H2,1-5H3. The van der Waals surface area contributed by atoms with Crippen molar-refractivity contribution in [3.63, 3.8) is 0 Å². The van der Waals surface area contributed by atoms with Gasteiger partial charge in [-0.3, -0.25) is 9.69 Å². The Bertz CT molecular complexity index is 1100. The molecule has 180 valence electrons. The first-order valence-electron chi connectivity index (χ1n) is 10.9. The predicted octanol–water partition coefficient (Wildman–Crippen LogP) is 4.62. The number of ether oxygens (including phenoxy) is 2. The van der Waals surface area contributed by atoms with Crippen molar-refractivity contribution in [1.82, 2.24) is 4.98 Å². The smallest absolute Gasteiger partial charge is 0.233 e. The van der Waals surface area contributed by atoms with E-state index in [1.807, 2.05) is 27.7 Å². The molecule has 3 rings (SSSR count). The van der Waals surface area contributed by atoms with Gasteiger partial charge in [0, 0.05) is 36.4 Å². The number of hydrogen-bond donors (Lipinski definition) is 0. The lowest BCUT2D eigenvalue weighted by molar-refractivity contribution is -0.125. The molecule has 1 saturated heterocycles. The average Bonchev–Trinajstić information content (AvgIpc) is 2.79. The van der Waals surface area contributed by atoms with Gasteiger partial charge in [0.05, 0.1) is 12.0 Å². The van der Waals surface area contributed by atoms with E-state index >= 15 is 0 Å². The topological polar surface area (TPSA) is 85.8 Å². The van der Waals surface area contributed by atoms with Crippen molar-refractivity contribution < 1.29 is 22.7 Å². The van der Waals surface area contributed by atoms with Crippen LogP contribution in [0.1, 0.15) is 46.1 Å². The van der Waals surface area contributed by atoms with Crippen LogP contribution in [-0.4, -0.2) is 46.2 Å². The lowest BCUT2D eigenvalue weighted by atomic mass is 9.91. The number of carbonyl (C=O) groups excluding carboxylic acids is 1. The molecule has 33 heavy (non-hydrogen) atoms. The van der Waals surface area contributed by atoms with E-state index in [2.05, 4.69) is 4.98 Å². The third-order valence-electron chi connectivity index (χ3n) is 5.98. The second-order valence-corrected chi connectivity index (χ2v) is 11.8. The maximum Gasteiger partial charge on any atom is 0.233 e. The zero-order chi connectivity index (χ0) is 24.4. The number of hydrogen-bond acceptors (Lipinski definition) is 6. The van der Waals surface area contributed by atoms with Crippen LogP contribution in [-0.2, 0) is 24.1 Å². The molecule has 0 radical (unpaired) electrons. The Hall–Kier alpha value is -2.16. The van der Waals surface area contributed by atoms with E-state index in [-0.39, 0.29) is 23.6 Å². The highest BCUT2D eigenvalue weighted by atomic mass is 35.5. The Morgan fingerprint density at radius 1 is 1.21 bits per heavy atom. The molecule has 0 saturated carbocycles. The molecule has 0 N–H and O–H groups in total. The van der Waals surface area contributed by atoms with Crippen LogP contribution in [0.15, 0.2) is 41.4 Å².